The molecule has 0 fully saturated rings. The summed E-state index contributed by atoms with van der Waals surface area (Å²) in [5.41, 5.74) is 0.495. The predicted molar refractivity (Wildman–Crippen MR) is 84.2 cm³/mol. The Hall–Kier alpha value is -3.22. The van der Waals surface area contributed by atoms with Crippen LogP contribution in [0.15, 0.2) is 42.5 Å². The topological polar surface area (TPSA) is 94.1 Å². The molecule has 2 aromatic carbocycles. The number of aromatic hydroxyl groups is 1. The summed E-state index contributed by atoms with van der Waals surface area (Å²) in [5, 5.41) is 12.3. The van der Waals surface area contributed by atoms with E-state index >= 15 is 0 Å². The summed E-state index contributed by atoms with van der Waals surface area (Å²) in [6, 6.07) is 10.9. The van der Waals surface area contributed by atoms with Gasteiger partial charge in [0.25, 0.3) is 5.91 Å². The number of phenolic OH excluding ortho intramolecular Hbond substituents is 1. The van der Waals surface area contributed by atoms with Crippen LogP contribution in [0.1, 0.15) is 17.3 Å². The SMILES string of the molecule is C[C@@H](OC(=O)c1ccccc1O)C(=O)Nc1ccc2c(c1)OCO2. The molecule has 1 heterocycles. The molecule has 1 atom stereocenters. The van der Waals surface area contributed by atoms with E-state index in [-0.39, 0.29) is 18.1 Å². The third-order valence-electron chi connectivity index (χ3n) is 3.42. The van der Waals surface area contributed by atoms with Crippen molar-refractivity contribution in [1.82, 2.24) is 0 Å². The van der Waals surface area contributed by atoms with Crippen molar-refractivity contribution in [1.29, 1.82) is 0 Å². The molecule has 2 aromatic rings. The van der Waals surface area contributed by atoms with Crippen molar-refractivity contribution in [2.45, 2.75) is 13.0 Å². The molecule has 1 amide bonds. The van der Waals surface area contributed by atoms with E-state index in [9.17, 15) is 14.7 Å². The lowest BCUT2D eigenvalue weighted by Gasteiger charge is -2.14. The van der Waals surface area contributed by atoms with Crippen LogP contribution in [0.4, 0.5) is 5.69 Å². The Morgan fingerprint density at radius 2 is 1.92 bits per heavy atom. The van der Waals surface area contributed by atoms with Crippen LogP contribution in [0.2, 0.25) is 0 Å². The second-order valence-electron chi connectivity index (χ2n) is 5.12. The van der Waals surface area contributed by atoms with Gasteiger partial charge in [-0.05, 0) is 31.2 Å². The molecule has 0 saturated heterocycles. The van der Waals surface area contributed by atoms with Crippen LogP contribution in [0, 0.1) is 0 Å². The molecule has 7 heteroatoms. The maximum absolute atomic E-state index is 12.1. The average Bonchev–Trinajstić information content (AvgIpc) is 3.02. The molecule has 0 unspecified atom stereocenters. The highest BCUT2D eigenvalue weighted by Crippen LogP contribution is 2.34. The van der Waals surface area contributed by atoms with Crippen molar-refractivity contribution in [3.8, 4) is 17.2 Å². The van der Waals surface area contributed by atoms with Crippen LogP contribution in [0.25, 0.3) is 0 Å². The first-order chi connectivity index (χ1) is 11.5. The Kier molecular flexibility index (Phi) is 4.24. The summed E-state index contributed by atoms with van der Waals surface area (Å²) >= 11 is 0. The Morgan fingerprint density at radius 3 is 2.71 bits per heavy atom. The summed E-state index contributed by atoms with van der Waals surface area (Å²) in [6.07, 6.45) is -1.04. The number of carbonyl (C=O) groups excluding carboxylic acids is 2. The second kappa shape index (κ2) is 6.49. The van der Waals surface area contributed by atoms with E-state index in [0.717, 1.165) is 0 Å². The number of carbonyl (C=O) groups is 2. The molecule has 0 spiro atoms. The van der Waals surface area contributed by atoms with E-state index in [1.807, 2.05) is 0 Å². The second-order valence-corrected chi connectivity index (χ2v) is 5.12. The van der Waals surface area contributed by atoms with Gasteiger partial charge in [0.15, 0.2) is 17.6 Å². The van der Waals surface area contributed by atoms with Crippen LogP contribution < -0.4 is 14.8 Å². The van der Waals surface area contributed by atoms with Gasteiger partial charge < -0.3 is 24.6 Å². The number of phenols is 1. The fraction of sp³-hybridized carbons (Fsp3) is 0.176. The van der Waals surface area contributed by atoms with Gasteiger partial charge in [-0.2, -0.15) is 0 Å². The van der Waals surface area contributed by atoms with Crippen molar-refractivity contribution in [3.63, 3.8) is 0 Å². The highest BCUT2D eigenvalue weighted by molar-refractivity contribution is 5.98. The Balaban J connectivity index is 1.63. The number of nitrogens with one attached hydrogen (secondary N) is 1. The molecule has 0 bridgehead atoms. The zero-order valence-corrected chi connectivity index (χ0v) is 12.8. The zero-order valence-electron chi connectivity index (χ0n) is 12.8. The first-order valence-corrected chi connectivity index (χ1v) is 7.24. The normalized spacial score (nSPS) is 13.2. The molecule has 24 heavy (non-hydrogen) atoms. The van der Waals surface area contributed by atoms with Crippen LogP contribution in [-0.4, -0.2) is 29.9 Å². The Labute approximate surface area is 137 Å². The van der Waals surface area contributed by atoms with Gasteiger partial charge in [0.2, 0.25) is 6.79 Å². The minimum absolute atomic E-state index is 0.000213. The largest absolute Gasteiger partial charge is 0.507 e. The molecule has 0 radical (unpaired) electrons. The van der Waals surface area contributed by atoms with Gasteiger partial charge in [0.1, 0.15) is 11.3 Å². The molecule has 0 saturated carbocycles. The molecule has 1 aliphatic rings. The van der Waals surface area contributed by atoms with Gasteiger partial charge >= 0.3 is 5.97 Å². The van der Waals surface area contributed by atoms with E-state index in [2.05, 4.69) is 5.32 Å². The Bertz CT molecular complexity index is 788. The molecule has 3 rings (SSSR count). The molecule has 7 nitrogen and oxygen atoms in total. The van der Waals surface area contributed by atoms with E-state index in [1.54, 1.807) is 30.3 Å². The average molecular weight is 329 g/mol. The van der Waals surface area contributed by atoms with Crippen molar-refractivity contribution in [2.75, 3.05) is 12.1 Å². The first kappa shape index (κ1) is 15.7. The standard InChI is InChI=1S/C17H15NO6/c1-10(24-17(21)12-4-2-3-5-13(12)19)16(20)18-11-6-7-14-15(8-11)23-9-22-14/h2-8,10,19H,9H2,1H3,(H,18,20)/t10-/m1/s1. The summed E-state index contributed by atoms with van der Waals surface area (Å²) in [5.74, 6) is -0.344. The summed E-state index contributed by atoms with van der Waals surface area (Å²) < 4.78 is 15.5. The van der Waals surface area contributed by atoms with Crippen LogP contribution in [0.5, 0.6) is 17.2 Å². The molecular formula is C17H15NO6. The number of rotatable bonds is 4. The maximum Gasteiger partial charge on any atom is 0.342 e. The van der Waals surface area contributed by atoms with Crippen molar-refractivity contribution < 1.29 is 28.9 Å². The van der Waals surface area contributed by atoms with Crippen LogP contribution in [0.3, 0.4) is 0 Å². The van der Waals surface area contributed by atoms with Gasteiger partial charge in [0, 0.05) is 11.8 Å². The molecule has 0 aliphatic carbocycles. The van der Waals surface area contributed by atoms with Gasteiger partial charge in [-0.15, -0.1) is 0 Å². The Morgan fingerprint density at radius 1 is 1.17 bits per heavy atom. The van der Waals surface area contributed by atoms with Crippen molar-refractivity contribution >= 4 is 17.6 Å². The van der Waals surface area contributed by atoms with E-state index in [4.69, 9.17) is 14.2 Å². The van der Waals surface area contributed by atoms with Gasteiger partial charge in [-0.1, -0.05) is 12.1 Å². The van der Waals surface area contributed by atoms with E-state index < -0.39 is 18.0 Å². The number of esters is 1. The van der Waals surface area contributed by atoms with Crippen molar-refractivity contribution in [3.05, 3.63) is 48.0 Å². The van der Waals surface area contributed by atoms with E-state index in [0.29, 0.717) is 17.2 Å². The van der Waals surface area contributed by atoms with Gasteiger partial charge in [-0.3, -0.25) is 4.79 Å². The van der Waals surface area contributed by atoms with Crippen molar-refractivity contribution in [2.24, 2.45) is 0 Å². The number of amides is 1. The molecule has 124 valence electrons. The van der Waals surface area contributed by atoms with Gasteiger partial charge in [0.05, 0.1) is 0 Å². The smallest absolute Gasteiger partial charge is 0.342 e. The highest BCUT2D eigenvalue weighted by atomic mass is 16.7. The molecular weight excluding hydrogens is 314 g/mol. The number of hydrogen-bond acceptors (Lipinski definition) is 6. The third-order valence-corrected chi connectivity index (χ3v) is 3.42. The molecule has 1 aliphatic heterocycles. The van der Waals surface area contributed by atoms with Crippen LogP contribution in [-0.2, 0) is 9.53 Å². The van der Waals surface area contributed by atoms with E-state index in [1.165, 1.54) is 19.1 Å². The number of hydrogen-bond donors (Lipinski definition) is 2. The molecule has 0 aromatic heterocycles. The quantitative estimate of drug-likeness (QED) is 0.836. The fourth-order valence-electron chi connectivity index (χ4n) is 2.14. The summed E-state index contributed by atoms with van der Waals surface area (Å²) in [4.78, 5) is 24.1. The van der Waals surface area contributed by atoms with Crippen LogP contribution >= 0.6 is 0 Å². The third kappa shape index (κ3) is 3.24. The number of anilines is 1. The zero-order chi connectivity index (χ0) is 17.1. The predicted octanol–water partition coefficient (Wildman–Crippen LogP) is 2.30. The maximum atomic E-state index is 12.1. The minimum Gasteiger partial charge on any atom is -0.507 e. The lowest BCUT2D eigenvalue weighted by molar-refractivity contribution is -0.123. The lowest BCUT2D eigenvalue weighted by Crippen LogP contribution is -2.30. The number of para-hydroxylation sites is 1. The lowest BCUT2D eigenvalue weighted by atomic mass is 10.2. The monoisotopic (exact) mass is 329 g/mol. The first-order valence-electron chi connectivity index (χ1n) is 7.24. The number of ether oxygens (including phenoxy) is 3. The number of fused-ring (bicyclic) bond motifs is 1. The summed E-state index contributed by atoms with van der Waals surface area (Å²) in [6.45, 7) is 1.58. The summed E-state index contributed by atoms with van der Waals surface area (Å²) in [7, 11) is 0. The van der Waals surface area contributed by atoms with Gasteiger partial charge in [-0.25, -0.2) is 4.79 Å². The number of benzene rings is 2. The highest BCUT2D eigenvalue weighted by Gasteiger charge is 2.21. The minimum atomic E-state index is -1.04. The fourth-order valence-corrected chi connectivity index (χ4v) is 2.14. The molecule has 2 N–H and O–H groups in total.